The molecule has 0 saturated carbocycles. The fourth-order valence-electron chi connectivity index (χ4n) is 0.992. The van der Waals surface area contributed by atoms with Crippen LogP contribution in [0.3, 0.4) is 0 Å². The van der Waals surface area contributed by atoms with E-state index in [2.05, 4.69) is 53.2 Å². The molecule has 0 radical (unpaired) electrons. The maximum Gasteiger partial charge on any atom is 0.228 e. The zero-order valence-corrected chi connectivity index (χ0v) is 19.0. The molecule has 0 saturated heterocycles. The fourth-order valence-corrected chi connectivity index (χ4v) is 1.36. The van der Waals surface area contributed by atoms with Gasteiger partial charge in [0.2, 0.25) is 16.5 Å². The van der Waals surface area contributed by atoms with Crippen LogP contribution >= 0.6 is 23.2 Å². The average Bonchev–Trinajstić information content (AvgIpc) is 2.40. The van der Waals surface area contributed by atoms with Gasteiger partial charge in [0.05, 0.1) is 0 Å². The van der Waals surface area contributed by atoms with Crippen LogP contribution in [0.1, 0.15) is 13.8 Å². The Labute approximate surface area is 167 Å². The number of anilines is 2. The summed E-state index contributed by atoms with van der Waals surface area (Å²) in [7, 11) is 0. The van der Waals surface area contributed by atoms with Crippen molar-refractivity contribution in [1.82, 2.24) is 29.9 Å². The van der Waals surface area contributed by atoms with E-state index in [-0.39, 0.29) is 52.7 Å². The van der Waals surface area contributed by atoms with Crippen LogP contribution in [-0.4, -0.2) is 43.0 Å². The van der Waals surface area contributed by atoms with Crippen molar-refractivity contribution in [2.45, 2.75) is 13.8 Å². The third kappa shape index (κ3) is 10.3. The van der Waals surface area contributed by atoms with Crippen LogP contribution in [0.25, 0.3) is 0 Å². The van der Waals surface area contributed by atoms with E-state index < -0.39 is 0 Å². The van der Waals surface area contributed by atoms with E-state index in [1.807, 2.05) is 13.8 Å². The normalized spacial score (nSPS) is 8.55. The van der Waals surface area contributed by atoms with Gasteiger partial charge in [0.1, 0.15) is 0 Å². The molecule has 0 amide bonds. The van der Waals surface area contributed by atoms with Gasteiger partial charge in [-0.2, -0.15) is 27.6 Å². The van der Waals surface area contributed by atoms with Crippen LogP contribution in [0.5, 0.6) is 0 Å². The van der Waals surface area contributed by atoms with Crippen LogP contribution < -0.4 is 10.6 Å². The molecule has 2 aromatic heterocycles. The average molecular weight is 683 g/mol. The van der Waals surface area contributed by atoms with Gasteiger partial charge in [-0.25, -0.2) is 0 Å². The van der Waals surface area contributed by atoms with Crippen LogP contribution in [0.4, 0.5) is 11.9 Å². The zero-order valence-electron chi connectivity index (χ0n) is 11.7. The summed E-state index contributed by atoms with van der Waals surface area (Å²) in [5.41, 5.74) is 0. The van der Waals surface area contributed by atoms with Crippen molar-refractivity contribution in [3.8, 4) is 0 Å². The maximum atomic E-state index is 5.50. The molecule has 0 unspecified atom stereocenters. The monoisotopic (exact) mass is 682 g/mol. The second-order valence-corrected chi connectivity index (χ2v) is 3.79. The number of nitrogens with one attached hydrogen (secondary N) is 2. The molecule has 0 aliphatic rings. The molecule has 22 heavy (non-hydrogen) atoms. The van der Waals surface area contributed by atoms with E-state index >= 15 is 0 Å². The van der Waals surface area contributed by atoms with Gasteiger partial charge in [0.25, 0.3) is 0 Å². The van der Waals surface area contributed by atoms with Crippen molar-refractivity contribution in [3.63, 3.8) is 0 Å². The Morgan fingerprint density at radius 1 is 0.818 bits per heavy atom. The molecule has 8 nitrogen and oxygen atoms in total. The molecule has 0 aliphatic heterocycles. The van der Waals surface area contributed by atoms with Crippen molar-refractivity contribution >= 4 is 35.1 Å². The number of aromatic nitrogens is 6. The first kappa shape index (κ1) is 23.8. The molecule has 2 rings (SSSR count). The van der Waals surface area contributed by atoms with Gasteiger partial charge in [-0.1, -0.05) is 0 Å². The zero-order chi connectivity index (χ0) is 14.8. The predicted octanol–water partition coefficient (Wildman–Crippen LogP) is 1.51. The Hall–Kier alpha value is -0.423. The number of rotatable bonds is 4. The van der Waals surface area contributed by atoms with Gasteiger partial charge in [-0.05, 0) is 49.5 Å². The van der Waals surface area contributed by atoms with Gasteiger partial charge in [-0.15, -0.1) is 0 Å². The van der Waals surface area contributed by atoms with Gasteiger partial charge in [0.15, 0.2) is 0 Å². The Balaban J connectivity index is 0. The second kappa shape index (κ2) is 14.2. The number of halogens is 2. The molecule has 2 aromatic rings. The van der Waals surface area contributed by atoms with E-state index in [0.717, 1.165) is 13.1 Å². The number of hydrogen-bond acceptors (Lipinski definition) is 8. The van der Waals surface area contributed by atoms with Gasteiger partial charge >= 0.3 is 0 Å². The van der Waals surface area contributed by atoms with E-state index in [1.165, 1.54) is 0 Å². The van der Waals surface area contributed by atoms with Crippen molar-refractivity contribution in [1.29, 1.82) is 0 Å². The van der Waals surface area contributed by atoms with Crippen molar-refractivity contribution in [2.75, 3.05) is 23.7 Å². The molecular formula is C10H12Cl2N8W2-2. The quantitative estimate of drug-likeness (QED) is 0.469. The molecule has 120 valence electrons. The predicted molar refractivity (Wildman–Crippen MR) is 75.7 cm³/mol. The topological polar surface area (TPSA) is 101 Å². The minimum Gasteiger partial charge on any atom is -0.505 e. The molecule has 0 bridgehead atoms. The Morgan fingerprint density at radius 3 is 1.73 bits per heavy atom. The summed E-state index contributed by atoms with van der Waals surface area (Å²) in [5.74, 6) is 0.921. The molecule has 0 atom stereocenters. The third-order valence-corrected chi connectivity index (χ3v) is 2.00. The van der Waals surface area contributed by atoms with Crippen LogP contribution in [0, 0.1) is 12.7 Å². The summed E-state index contributed by atoms with van der Waals surface area (Å²) in [6.07, 6.45) is 4.73. The van der Waals surface area contributed by atoms with Crippen molar-refractivity contribution in [2.24, 2.45) is 0 Å². The summed E-state index contributed by atoms with van der Waals surface area (Å²) in [4.78, 5) is 21.9. The summed E-state index contributed by atoms with van der Waals surface area (Å²) >= 11 is 11.0. The summed E-state index contributed by atoms with van der Waals surface area (Å²) in [6.45, 7) is 5.40. The molecule has 0 spiro atoms. The number of nitrogens with zero attached hydrogens (tertiary/aromatic N) is 6. The van der Waals surface area contributed by atoms with Crippen molar-refractivity contribution < 1.29 is 42.1 Å². The van der Waals surface area contributed by atoms with Gasteiger partial charge < -0.3 is 25.6 Å². The standard InChI is InChI=1S/C5H6Cl2N4.C5H6N4.2W/c1-2-8-5-10-3(6)9-4(7)11-5;1-2-7-5-8-3-6-4-9-5;;/h2H2,1H3,(H,8,9,10,11);2H2,1H3,(H,6,7,8,9);;/q;-2;;. The first-order chi connectivity index (χ1) is 9.65. The summed E-state index contributed by atoms with van der Waals surface area (Å²) < 4.78 is 0. The molecule has 2 N–H and O–H groups in total. The molecule has 2 heterocycles. The van der Waals surface area contributed by atoms with Gasteiger partial charge in [0, 0.05) is 48.7 Å². The molecule has 12 heteroatoms. The fraction of sp³-hybridized carbons (Fsp3) is 0.400. The van der Waals surface area contributed by atoms with E-state index in [0.29, 0.717) is 11.9 Å². The SMILES string of the molecule is CCNc1n[c-]n[c-]n1.CCNc1nc(Cl)nc(Cl)n1.[W].[W]. The molecule has 0 aromatic carbocycles. The summed E-state index contributed by atoms with van der Waals surface area (Å²) in [5, 5.41) is 5.94. The Morgan fingerprint density at radius 2 is 1.27 bits per heavy atom. The minimum absolute atomic E-state index is 0. The Kier molecular flexibility index (Phi) is 15.4. The second-order valence-electron chi connectivity index (χ2n) is 3.12. The van der Waals surface area contributed by atoms with E-state index in [4.69, 9.17) is 23.2 Å². The van der Waals surface area contributed by atoms with Crippen LogP contribution in [0.2, 0.25) is 10.6 Å². The van der Waals surface area contributed by atoms with Crippen LogP contribution in [-0.2, 0) is 42.1 Å². The van der Waals surface area contributed by atoms with E-state index in [9.17, 15) is 0 Å². The molecule has 0 fully saturated rings. The third-order valence-electron chi connectivity index (χ3n) is 1.66. The largest absolute Gasteiger partial charge is 0.505 e. The van der Waals surface area contributed by atoms with Gasteiger partial charge in [-0.3, -0.25) is 0 Å². The molecule has 0 aliphatic carbocycles. The summed E-state index contributed by atoms with van der Waals surface area (Å²) in [6, 6.07) is 0. The van der Waals surface area contributed by atoms with Crippen molar-refractivity contribution in [3.05, 3.63) is 23.2 Å². The maximum absolute atomic E-state index is 5.50. The smallest absolute Gasteiger partial charge is 0.228 e. The number of hydrogen-bond donors (Lipinski definition) is 2. The minimum atomic E-state index is 0. The first-order valence-corrected chi connectivity index (χ1v) is 6.44. The molecular weight excluding hydrogens is 671 g/mol. The van der Waals surface area contributed by atoms with E-state index in [1.54, 1.807) is 0 Å². The van der Waals surface area contributed by atoms with Crippen LogP contribution in [0.15, 0.2) is 0 Å². The first-order valence-electron chi connectivity index (χ1n) is 5.68. The Bertz CT molecular complexity index is 499.